The van der Waals surface area contributed by atoms with Gasteiger partial charge in [0.2, 0.25) is 0 Å². The van der Waals surface area contributed by atoms with Crippen LogP contribution in [-0.4, -0.2) is 28.7 Å². The van der Waals surface area contributed by atoms with Crippen LogP contribution in [0.5, 0.6) is 0 Å². The lowest BCUT2D eigenvalue weighted by atomic mass is 9.83. The minimum atomic E-state index is -0.206. The average Bonchev–Trinajstić information content (AvgIpc) is 2.36. The molecule has 1 amide bonds. The number of amides is 1. The first-order chi connectivity index (χ1) is 8.61. The summed E-state index contributed by atoms with van der Waals surface area (Å²) in [6, 6.07) is 7.89. The van der Waals surface area contributed by atoms with Crippen LogP contribution < -0.4 is 0 Å². The Morgan fingerprint density at radius 3 is 2.16 bits per heavy atom. The Balaban J connectivity index is 3.21. The molecule has 0 radical (unpaired) electrons. The molecule has 0 aliphatic heterocycles. The normalized spacial score (nSPS) is 12.4. The van der Waals surface area contributed by atoms with Crippen molar-refractivity contribution in [3.63, 3.8) is 0 Å². The maximum absolute atomic E-state index is 12.7. The van der Waals surface area contributed by atoms with Crippen molar-refractivity contribution >= 4 is 21.8 Å². The Morgan fingerprint density at radius 2 is 1.68 bits per heavy atom. The van der Waals surface area contributed by atoms with Gasteiger partial charge in [0.1, 0.15) is 0 Å². The monoisotopic (exact) mass is 325 g/mol. The van der Waals surface area contributed by atoms with Gasteiger partial charge in [-0.2, -0.15) is 0 Å². The van der Waals surface area contributed by atoms with Crippen molar-refractivity contribution < 1.29 is 4.79 Å². The molecule has 0 aliphatic rings. The van der Waals surface area contributed by atoms with Crippen molar-refractivity contribution in [3.05, 3.63) is 35.4 Å². The molecule has 0 saturated carbocycles. The summed E-state index contributed by atoms with van der Waals surface area (Å²) in [6.07, 6.45) is 0. The summed E-state index contributed by atoms with van der Waals surface area (Å²) < 4.78 is 0. The first kappa shape index (κ1) is 16.2. The molecule has 1 aromatic rings. The molecule has 0 saturated heterocycles. The lowest BCUT2D eigenvalue weighted by Gasteiger charge is -2.35. The van der Waals surface area contributed by atoms with Crippen LogP contribution in [0.15, 0.2) is 24.3 Å². The number of carbonyl (C=O) groups excluding carboxylic acids is 1. The zero-order chi connectivity index (χ0) is 14.8. The first-order valence-corrected chi connectivity index (χ1v) is 7.67. The topological polar surface area (TPSA) is 20.3 Å². The van der Waals surface area contributed by atoms with E-state index in [0.29, 0.717) is 0 Å². The zero-order valence-corrected chi connectivity index (χ0v) is 14.3. The highest BCUT2D eigenvalue weighted by Gasteiger charge is 2.30. The third kappa shape index (κ3) is 3.59. The summed E-state index contributed by atoms with van der Waals surface area (Å²) in [4.78, 5) is 14.5. The van der Waals surface area contributed by atoms with Crippen LogP contribution >= 0.6 is 15.9 Å². The highest BCUT2D eigenvalue weighted by atomic mass is 79.9. The molecule has 3 heteroatoms. The molecule has 2 nitrogen and oxygen atoms in total. The summed E-state index contributed by atoms with van der Waals surface area (Å²) in [6.45, 7) is 10.5. The smallest absolute Gasteiger partial charge is 0.254 e. The van der Waals surface area contributed by atoms with E-state index in [-0.39, 0.29) is 16.9 Å². The van der Waals surface area contributed by atoms with Gasteiger partial charge >= 0.3 is 0 Å². The number of nitrogens with zero attached hydrogens (tertiary/aromatic N) is 1. The standard InChI is InChI=1S/C16H24BrNO/c1-15(2,3)13-10-8-7-9-12(13)14(19)18(6)16(4,5)11-17/h7-10H,11H2,1-6H3. The lowest BCUT2D eigenvalue weighted by molar-refractivity contribution is 0.0661. The molecule has 0 aromatic heterocycles. The van der Waals surface area contributed by atoms with E-state index in [1.54, 1.807) is 0 Å². The van der Waals surface area contributed by atoms with Crippen LogP contribution in [-0.2, 0) is 5.41 Å². The fourth-order valence-electron chi connectivity index (χ4n) is 1.87. The van der Waals surface area contributed by atoms with Crippen LogP contribution in [0.3, 0.4) is 0 Å². The molecule has 0 aliphatic carbocycles. The number of hydrogen-bond donors (Lipinski definition) is 0. The molecule has 0 spiro atoms. The van der Waals surface area contributed by atoms with Crippen LogP contribution in [0.25, 0.3) is 0 Å². The van der Waals surface area contributed by atoms with Crippen LogP contribution in [0.4, 0.5) is 0 Å². The van der Waals surface area contributed by atoms with Gasteiger partial charge in [-0.05, 0) is 30.9 Å². The Kier molecular flexibility index (Phi) is 4.83. The van der Waals surface area contributed by atoms with E-state index < -0.39 is 0 Å². The average molecular weight is 326 g/mol. The third-order valence-electron chi connectivity index (χ3n) is 3.51. The van der Waals surface area contributed by atoms with E-state index >= 15 is 0 Å². The largest absolute Gasteiger partial charge is 0.336 e. The summed E-state index contributed by atoms with van der Waals surface area (Å²) in [7, 11) is 1.86. The van der Waals surface area contributed by atoms with E-state index in [2.05, 4.69) is 50.5 Å². The van der Waals surface area contributed by atoms with Gasteiger partial charge in [-0.25, -0.2) is 0 Å². The Labute approximate surface area is 125 Å². The molecule has 0 heterocycles. The van der Waals surface area contributed by atoms with Gasteiger partial charge < -0.3 is 4.90 Å². The number of hydrogen-bond acceptors (Lipinski definition) is 1. The summed E-state index contributed by atoms with van der Waals surface area (Å²) in [5.74, 6) is 0.0787. The molecule has 19 heavy (non-hydrogen) atoms. The Morgan fingerprint density at radius 1 is 1.16 bits per heavy atom. The van der Waals surface area contributed by atoms with Gasteiger partial charge in [0.15, 0.2) is 0 Å². The molecular formula is C16H24BrNO. The summed E-state index contributed by atoms with van der Waals surface area (Å²) in [5, 5.41) is 0.750. The number of halogens is 1. The second-order valence-corrected chi connectivity index (χ2v) is 7.17. The van der Waals surface area contributed by atoms with Crippen molar-refractivity contribution in [1.82, 2.24) is 4.90 Å². The van der Waals surface area contributed by atoms with Crippen molar-refractivity contribution in [2.75, 3.05) is 12.4 Å². The molecule has 1 aromatic carbocycles. The number of rotatable bonds is 3. The highest BCUT2D eigenvalue weighted by molar-refractivity contribution is 9.09. The number of benzene rings is 1. The molecule has 0 atom stereocenters. The second-order valence-electron chi connectivity index (χ2n) is 6.61. The quantitative estimate of drug-likeness (QED) is 0.761. The van der Waals surface area contributed by atoms with Crippen molar-refractivity contribution in [2.24, 2.45) is 0 Å². The van der Waals surface area contributed by atoms with Gasteiger partial charge in [-0.1, -0.05) is 54.9 Å². The second kappa shape index (κ2) is 5.66. The molecule has 0 unspecified atom stereocenters. The van der Waals surface area contributed by atoms with Crippen LogP contribution in [0, 0.1) is 0 Å². The van der Waals surface area contributed by atoms with Gasteiger partial charge in [-0.3, -0.25) is 4.79 Å². The first-order valence-electron chi connectivity index (χ1n) is 6.55. The molecule has 1 rings (SSSR count). The summed E-state index contributed by atoms with van der Waals surface area (Å²) >= 11 is 3.48. The van der Waals surface area contributed by atoms with Gasteiger partial charge in [0, 0.05) is 23.5 Å². The van der Waals surface area contributed by atoms with Gasteiger partial charge in [-0.15, -0.1) is 0 Å². The van der Waals surface area contributed by atoms with E-state index in [1.807, 2.05) is 36.2 Å². The minimum Gasteiger partial charge on any atom is -0.336 e. The predicted octanol–water partition coefficient (Wildman–Crippen LogP) is 4.23. The molecule has 0 bridgehead atoms. The molecule has 0 N–H and O–H groups in total. The van der Waals surface area contributed by atoms with E-state index in [1.165, 1.54) is 0 Å². The van der Waals surface area contributed by atoms with Crippen molar-refractivity contribution in [2.45, 2.75) is 45.6 Å². The van der Waals surface area contributed by atoms with Crippen LogP contribution in [0.2, 0.25) is 0 Å². The van der Waals surface area contributed by atoms with E-state index in [9.17, 15) is 4.79 Å². The zero-order valence-electron chi connectivity index (χ0n) is 12.7. The summed E-state index contributed by atoms with van der Waals surface area (Å²) in [5.41, 5.74) is 1.65. The third-order valence-corrected chi connectivity index (χ3v) is 4.88. The fourth-order valence-corrected chi connectivity index (χ4v) is 2.24. The maximum Gasteiger partial charge on any atom is 0.254 e. The fraction of sp³-hybridized carbons (Fsp3) is 0.562. The predicted molar refractivity (Wildman–Crippen MR) is 85.1 cm³/mol. The molecule has 106 valence electrons. The maximum atomic E-state index is 12.7. The molecular weight excluding hydrogens is 302 g/mol. The minimum absolute atomic E-state index is 0.0361. The van der Waals surface area contributed by atoms with Crippen LogP contribution in [0.1, 0.15) is 50.5 Å². The van der Waals surface area contributed by atoms with E-state index in [4.69, 9.17) is 0 Å². The van der Waals surface area contributed by atoms with Gasteiger partial charge in [0.25, 0.3) is 5.91 Å². The number of carbonyl (C=O) groups is 1. The lowest BCUT2D eigenvalue weighted by Crippen LogP contribution is -2.46. The number of alkyl halides is 1. The Hall–Kier alpha value is -0.830. The highest BCUT2D eigenvalue weighted by Crippen LogP contribution is 2.28. The van der Waals surface area contributed by atoms with Crippen molar-refractivity contribution in [1.29, 1.82) is 0 Å². The Bertz CT molecular complexity index is 460. The molecule has 0 fully saturated rings. The SMILES string of the molecule is CN(C(=O)c1ccccc1C(C)(C)C)C(C)(C)CBr. The van der Waals surface area contributed by atoms with Gasteiger partial charge in [0.05, 0.1) is 0 Å². The van der Waals surface area contributed by atoms with Crippen molar-refractivity contribution in [3.8, 4) is 0 Å². The van der Waals surface area contributed by atoms with E-state index in [0.717, 1.165) is 16.5 Å².